The van der Waals surface area contributed by atoms with Gasteiger partial charge in [-0.15, -0.1) is 0 Å². The van der Waals surface area contributed by atoms with Gasteiger partial charge in [0.2, 0.25) is 0 Å². The van der Waals surface area contributed by atoms with Crippen molar-refractivity contribution in [1.29, 1.82) is 0 Å². The average molecular weight is 422 g/mol. The summed E-state index contributed by atoms with van der Waals surface area (Å²) in [7, 11) is 0. The van der Waals surface area contributed by atoms with Crippen LogP contribution in [0.25, 0.3) is 0 Å². The summed E-state index contributed by atoms with van der Waals surface area (Å²) < 4.78 is 33.1. The first-order chi connectivity index (χ1) is 15.1. The van der Waals surface area contributed by atoms with E-state index < -0.39 is 11.6 Å². The van der Waals surface area contributed by atoms with Crippen LogP contribution in [-0.2, 0) is 19.5 Å². The van der Waals surface area contributed by atoms with Crippen LogP contribution in [0.2, 0.25) is 0 Å². The average Bonchev–Trinajstić information content (AvgIpc) is 2.74. The maximum Gasteiger partial charge on any atom is 0.159 e. The third-order valence-corrected chi connectivity index (χ3v) is 5.77. The quantitative estimate of drug-likeness (QED) is 0.473. The summed E-state index contributed by atoms with van der Waals surface area (Å²) in [6.07, 6.45) is 3.93. The highest BCUT2D eigenvalue weighted by atomic mass is 19.2. The van der Waals surface area contributed by atoms with Gasteiger partial charge in [-0.25, -0.2) is 8.78 Å². The Labute approximate surface area is 183 Å². The predicted octanol–water partition coefficient (Wildman–Crippen LogP) is 6.43. The number of nitrogens with zero attached hydrogens (tertiary/aromatic N) is 1. The van der Waals surface area contributed by atoms with Gasteiger partial charge < -0.3 is 4.74 Å². The van der Waals surface area contributed by atoms with E-state index in [0.717, 1.165) is 50.1 Å². The summed E-state index contributed by atoms with van der Waals surface area (Å²) in [6.45, 7) is 5.10. The van der Waals surface area contributed by atoms with Crippen LogP contribution >= 0.6 is 0 Å². The van der Waals surface area contributed by atoms with Crippen LogP contribution in [0.3, 0.4) is 0 Å². The van der Waals surface area contributed by atoms with Crippen molar-refractivity contribution in [2.45, 2.75) is 45.7 Å². The van der Waals surface area contributed by atoms with E-state index in [2.05, 4.69) is 54.3 Å². The third-order valence-electron chi connectivity index (χ3n) is 5.77. The molecule has 0 saturated carbocycles. The highest BCUT2D eigenvalue weighted by Gasteiger charge is 2.12. The van der Waals surface area contributed by atoms with E-state index in [0.29, 0.717) is 13.2 Å². The van der Waals surface area contributed by atoms with Gasteiger partial charge >= 0.3 is 0 Å². The fraction of sp³-hybridized carbons (Fsp3) is 0.333. The second-order valence-corrected chi connectivity index (χ2v) is 8.48. The van der Waals surface area contributed by atoms with Gasteiger partial charge in [-0.05, 0) is 73.2 Å². The van der Waals surface area contributed by atoms with Crippen LogP contribution < -0.4 is 4.74 Å². The van der Waals surface area contributed by atoms with E-state index in [1.54, 1.807) is 6.07 Å². The molecule has 0 N–H and O–H groups in total. The Morgan fingerprint density at radius 1 is 0.871 bits per heavy atom. The Morgan fingerprint density at radius 2 is 1.74 bits per heavy atom. The molecule has 1 heterocycles. The van der Waals surface area contributed by atoms with Gasteiger partial charge in [-0.1, -0.05) is 48.0 Å². The van der Waals surface area contributed by atoms with E-state index in [4.69, 9.17) is 4.74 Å². The number of halogens is 2. The molecule has 1 aliphatic heterocycles. The molecule has 0 atom stereocenters. The molecule has 4 rings (SSSR count). The van der Waals surface area contributed by atoms with Gasteiger partial charge in [0.05, 0.1) is 6.61 Å². The van der Waals surface area contributed by atoms with E-state index in [1.807, 2.05) is 0 Å². The van der Waals surface area contributed by atoms with E-state index in [9.17, 15) is 8.78 Å². The molecule has 3 aromatic carbocycles. The molecule has 2 bridgehead atoms. The summed E-state index contributed by atoms with van der Waals surface area (Å²) in [5, 5.41) is 0. The number of ether oxygens (including phenoxy) is 1. The number of rotatable bonds is 2. The number of hydrogen-bond acceptors (Lipinski definition) is 2. The zero-order valence-electron chi connectivity index (χ0n) is 18.0. The predicted molar refractivity (Wildman–Crippen MR) is 120 cm³/mol. The lowest BCUT2D eigenvalue weighted by atomic mass is 10.00. The standard InChI is InChI=1S/C27H29F2NO/c1-20-8-11-27-24(14-20)16-21-6-5-7-22(15-21)18-30(12-3-2-4-13-31-27)19-23-9-10-25(28)26(29)17-23/h5-11,14-15,17H,2-4,12-13,16,18-19H2,1H3. The van der Waals surface area contributed by atoms with Crippen molar-refractivity contribution in [3.63, 3.8) is 0 Å². The van der Waals surface area contributed by atoms with Gasteiger partial charge in [0.1, 0.15) is 5.75 Å². The molecule has 1 aliphatic rings. The van der Waals surface area contributed by atoms with Gasteiger partial charge in [0.25, 0.3) is 0 Å². The summed E-state index contributed by atoms with van der Waals surface area (Å²) in [5.41, 5.74) is 5.72. The van der Waals surface area contributed by atoms with Crippen LogP contribution in [-0.4, -0.2) is 18.1 Å². The largest absolute Gasteiger partial charge is 0.493 e. The highest BCUT2D eigenvalue weighted by Crippen LogP contribution is 2.25. The molecule has 0 fully saturated rings. The second kappa shape index (κ2) is 10.1. The van der Waals surface area contributed by atoms with Gasteiger partial charge in [-0.2, -0.15) is 0 Å². The van der Waals surface area contributed by atoms with E-state index >= 15 is 0 Å². The number of fused-ring (bicyclic) bond motifs is 3. The Morgan fingerprint density at radius 3 is 2.61 bits per heavy atom. The molecule has 0 radical (unpaired) electrons. The molecular weight excluding hydrogens is 392 g/mol. The minimum absolute atomic E-state index is 0.597. The first-order valence-electron chi connectivity index (χ1n) is 11.0. The van der Waals surface area contributed by atoms with Crippen LogP contribution in [0.15, 0.2) is 60.7 Å². The van der Waals surface area contributed by atoms with Crippen LogP contribution in [0.1, 0.15) is 47.1 Å². The topological polar surface area (TPSA) is 12.5 Å². The number of aryl methyl sites for hydroxylation is 1. The summed E-state index contributed by atoms with van der Waals surface area (Å²) in [6, 6.07) is 19.2. The Hall–Kier alpha value is -2.72. The van der Waals surface area contributed by atoms with Crippen molar-refractivity contribution in [3.8, 4) is 5.75 Å². The highest BCUT2D eigenvalue weighted by molar-refractivity contribution is 5.41. The minimum atomic E-state index is -0.798. The second-order valence-electron chi connectivity index (χ2n) is 8.48. The fourth-order valence-electron chi connectivity index (χ4n) is 4.21. The summed E-state index contributed by atoms with van der Waals surface area (Å²) >= 11 is 0. The van der Waals surface area contributed by atoms with E-state index in [-0.39, 0.29) is 0 Å². The van der Waals surface area contributed by atoms with Crippen molar-refractivity contribution in [2.75, 3.05) is 13.2 Å². The van der Waals surface area contributed by atoms with Crippen molar-refractivity contribution in [3.05, 3.63) is 100 Å². The smallest absolute Gasteiger partial charge is 0.159 e. The minimum Gasteiger partial charge on any atom is -0.493 e. The maximum absolute atomic E-state index is 13.7. The Kier molecular flexibility index (Phi) is 6.98. The number of hydrogen-bond donors (Lipinski definition) is 0. The first-order valence-corrected chi connectivity index (χ1v) is 11.0. The molecule has 4 heteroatoms. The third kappa shape index (κ3) is 5.92. The lowest BCUT2D eigenvalue weighted by Gasteiger charge is -2.23. The molecular formula is C27H29F2NO. The van der Waals surface area contributed by atoms with Crippen molar-refractivity contribution in [2.24, 2.45) is 0 Å². The van der Waals surface area contributed by atoms with Crippen LogP contribution in [0, 0.1) is 18.6 Å². The molecule has 0 aliphatic carbocycles. The zero-order chi connectivity index (χ0) is 21.6. The van der Waals surface area contributed by atoms with Gasteiger partial charge in [-0.3, -0.25) is 4.90 Å². The SMILES string of the molecule is Cc1ccc2c(c1)Cc1cccc(c1)CN(Cc1ccc(F)c(F)c1)CCCCCO2. The molecule has 3 aromatic rings. The van der Waals surface area contributed by atoms with Crippen molar-refractivity contribution >= 4 is 0 Å². The summed E-state index contributed by atoms with van der Waals surface area (Å²) in [4.78, 5) is 2.32. The normalized spacial score (nSPS) is 15.6. The lowest BCUT2D eigenvalue weighted by molar-refractivity contribution is 0.243. The lowest BCUT2D eigenvalue weighted by Crippen LogP contribution is -2.24. The molecule has 31 heavy (non-hydrogen) atoms. The number of benzene rings is 3. The molecule has 0 amide bonds. The molecule has 2 nitrogen and oxygen atoms in total. The molecule has 0 aromatic heterocycles. The van der Waals surface area contributed by atoms with Crippen molar-refractivity contribution in [1.82, 2.24) is 4.90 Å². The Balaban J connectivity index is 1.58. The molecule has 0 spiro atoms. The molecule has 162 valence electrons. The van der Waals surface area contributed by atoms with Crippen LogP contribution in [0.4, 0.5) is 8.78 Å². The van der Waals surface area contributed by atoms with Crippen LogP contribution in [0.5, 0.6) is 5.75 Å². The Bertz CT molecular complexity index is 1030. The molecule has 0 saturated heterocycles. The summed E-state index contributed by atoms with van der Waals surface area (Å²) in [5.74, 6) is -0.603. The van der Waals surface area contributed by atoms with Crippen molar-refractivity contribution < 1.29 is 13.5 Å². The maximum atomic E-state index is 13.7. The zero-order valence-corrected chi connectivity index (χ0v) is 18.0. The van der Waals surface area contributed by atoms with Gasteiger partial charge in [0.15, 0.2) is 11.6 Å². The monoisotopic (exact) mass is 421 g/mol. The van der Waals surface area contributed by atoms with E-state index in [1.165, 1.54) is 34.4 Å². The van der Waals surface area contributed by atoms with Gasteiger partial charge in [0, 0.05) is 19.5 Å². The first kappa shape index (κ1) is 21.5. The molecule has 0 unspecified atom stereocenters. The fourth-order valence-corrected chi connectivity index (χ4v) is 4.21.